The fraction of sp³-hybridized carbons (Fsp3) is 0.629. The van der Waals surface area contributed by atoms with E-state index in [0.29, 0.717) is 11.3 Å². The Hall–Kier alpha value is -4.21. The molecule has 5 amide bonds. The molecule has 6 rings (SSSR count). The van der Waals surface area contributed by atoms with E-state index in [0.717, 1.165) is 18.2 Å². The minimum atomic E-state index is -5.53. The second-order valence-corrected chi connectivity index (χ2v) is 14.2. The summed E-state index contributed by atoms with van der Waals surface area (Å²) in [6.07, 6.45) is -9.78. The molecule has 1 aromatic carbocycles. The van der Waals surface area contributed by atoms with Gasteiger partial charge in [-0.2, -0.15) is 0 Å². The van der Waals surface area contributed by atoms with Crippen molar-refractivity contribution in [1.29, 1.82) is 0 Å². The molecule has 2 aliphatic carbocycles. The average Bonchev–Trinajstić information content (AvgIpc) is 3.80. The van der Waals surface area contributed by atoms with Crippen LogP contribution in [0.15, 0.2) is 30.4 Å². The first-order chi connectivity index (χ1) is 31.2. The third-order valence-corrected chi connectivity index (χ3v) is 10.0. The second-order valence-electron chi connectivity index (χ2n) is 12.6. The van der Waals surface area contributed by atoms with E-state index in [4.69, 9.17) is 34.1 Å². The zero-order valence-electron chi connectivity index (χ0n) is 44.7. The molecule has 0 spiro atoms. The van der Waals surface area contributed by atoms with Gasteiger partial charge in [0.1, 0.15) is 35.1 Å². The lowest BCUT2D eigenvalue weighted by Crippen LogP contribution is -2.58. The molecule has 0 bridgehead atoms. The maximum absolute atomic E-state index is 15.0. The summed E-state index contributed by atoms with van der Waals surface area (Å²) in [5, 5.41) is 0.818. The molecule has 0 unspecified atom stereocenters. The smallest absolute Gasteiger partial charge is 0.410 e. The Kier molecular flexibility index (Phi) is 5.56. The highest BCUT2D eigenvalue weighted by Crippen LogP contribution is 2.46. The first-order valence-corrected chi connectivity index (χ1v) is 17.4. The number of nitrogens with one attached hydrogen (secondary N) is 3. The number of rotatable bonds is 5. The lowest BCUT2D eigenvalue weighted by molar-refractivity contribution is -0.141. The Morgan fingerprint density at radius 2 is 1.94 bits per heavy atom. The van der Waals surface area contributed by atoms with Gasteiger partial charge < -0.3 is 25.0 Å². The van der Waals surface area contributed by atoms with Crippen LogP contribution in [0, 0.1) is 11.7 Å². The van der Waals surface area contributed by atoms with Gasteiger partial charge in [-0.3, -0.25) is 24.0 Å². The summed E-state index contributed by atoms with van der Waals surface area (Å²) in [7, 11) is -5.53. The summed E-state index contributed by atoms with van der Waals surface area (Å²) in [6, 6.07) is -0.964. The van der Waals surface area contributed by atoms with Crippen molar-refractivity contribution in [2.75, 3.05) is 6.54 Å². The molecule has 2 saturated carbocycles. The highest BCUT2D eigenvalue weighted by molar-refractivity contribution is 7.91. The number of allylic oxidation sites excluding steroid dienone is 1. The van der Waals surface area contributed by atoms with Crippen LogP contribution in [0.3, 0.4) is 0 Å². The van der Waals surface area contributed by atoms with Crippen LogP contribution in [0.2, 0.25) is 0 Å². The number of hydrogen-bond acceptors (Lipinski definition) is 9. The summed E-state index contributed by atoms with van der Waals surface area (Å²) >= 11 is 0. The molecule has 14 nitrogen and oxygen atoms in total. The van der Waals surface area contributed by atoms with Crippen LogP contribution >= 0.6 is 0 Å². The van der Waals surface area contributed by atoms with Crippen molar-refractivity contribution in [1.82, 2.24) is 25.2 Å². The first-order valence-electron chi connectivity index (χ1n) is 24.9. The van der Waals surface area contributed by atoms with E-state index in [-0.39, 0.29) is 30.6 Å². The number of amides is 5. The molecule has 278 valence electrons. The third-order valence-electron chi connectivity index (χ3n) is 8.82. The van der Waals surface area contributed by atoms with Gasteiger partial charge in [0.15, 0.2) is 0 Å². The molecule has 3 heterocycles. The van der Waals surface area contributed by atoms with E-state index in [1.54, 1.807) is 6.08 Å². The number of alkyl carbamates (subject to hydrolysis) is 1. The van der Waals surface area contributed by atoms with E-state index in [1.807, 2.05) is 5.32 Å². The number of carbonyl (C=O) groups excluding carboxylic acids is 5. The predicted octanol–water partition coefficient (Wildman–Crippen LogP) is 3.14. The Labute approximate surface area is 322 Å². The maximum atomic E-state index is 15.0. The number of hydrogen-bond donors (Lipinski definition) is 3. The van der Waals surface area contributed by atoms with Crippen LogP contribution in [0.1, 0.15) is 114 Å². The highest BCUT2D eigenvalue weighted by Gasteiger charge is 2.62. The van der Waals surface area contributed by atoms with Crippen LogP contribution in [-0.4, -0.2) is 89.2 Å². The standard InChI is InChI=1S/C35H46FN5O9S/c1-34(2,3)50-32(45)37-27-13-8-6-4-5-7-11-22-17-35(22,31(44)39-51(47,48)24-14-15-24)38-29(42)28-16-23(19-41(28)30(27)43)49-33(46)40-18-21-10-9-12-26(36)25(21)20-40/h7,9-12,22-24,27-28H,4-6,8,13-20H2,1-3H3,(H,37,45)(H,38,42)(H,39,44)/b11-7+/t22-,23-,27+,28+,35+/m1/s1/i1D3,2D3,3D3,14D2,15D2,18D2,20D2,24D. The largest absolute Gasteiger partial charge is 0.444 e. The van der Waals surface area contributed by atoms with Crippen molar-refractivity contribution in [2.45, 2.75) is 126 Å². The Morgan fingerprint density at radius 1 is 1.16 bits per heavy atom. The van der Waals surface area contributed by atoms with Crippen LogP contribution < -0.4 is 15.4 Å². The van der Waals surface area contributed by atoms with Crippen molar-refractivity contribution in [3.8, 4) is 0 Å². The zero-order valence-corrected chi connectivity index (χ0v) is 27.5. The lowest BCUT2D eigenvalue weighted by atomic mass is 10.0. The van der Waals surface area contributed by atoms with Crippen LogP contribution in [0.4, 0.5) is 14.0 Å². The van der Waals surface area contributed by atoms with Gasteiger partial charge in [-0.25, -0.2) is 22.4 Å². The minimum absolute atomic E-state index is 0.0380. The van der Waals surface area contributed by atoms with Gasteiger partial charge >= 0.3 is 12.2 Å². The summed E-state index contributed by atoms with van der Waals surface area (Å²) < 4.78 is 197. The molecule has 1 saturated heterocycles. The predicted molar refractivity (Wildman–Crippen MR) is 180 cm³/mol. The molecule has 0 aromatic heterocycles. The summed E-state index contributed by atoms with van der Waals surface area (Å²) in [4.78, 5) is 71.1. The van der Waals surface area contributed by atoms with E-state index in [9.17, 15) is 36.8 Å². The van der Waals surface area contributed by atoms with Gasteiger partial charge in [0.05, 0.1) is 23.8 Å². The normalized spacial score (nSPS) is 39.5. The van der Waals surface area contributed by atoms with Gasteiger partial charge in [-0.15, -0.1) is 0 Å². The van der Waals surface area contributed by atoms with Gasteiger partial charge in [0, 0.05) is 43.6 Å². The monoisotopic (exact) mass is 749 g/mol. The van der Waals surface area contributed by atoms with Gasteiger partial charge in [-0.05, 0) is 70.6 Å². The number of sulfonamides is 1. The Balaban J connectivity index is 1.36. The highest BCUT2D eigenvalue weighted by atomic mass is 32.2. The quantitative estimate of drug-likeness (QED) is 0.382. The first kappa shape index (κ1) is 20.1. The van der Waals surface area contributed by atoms with Gasteiger partial charge in [0.2, 0.25) is 21.8 Å². The lowest BCUT2D eigenvalue weighted by Gasteiger charge is -2.30. The molecule has 3 fully saturated rings. The van der Waals surface area contributed by atoms with Crippen LogP contribution in [0.5, 0.6) is 0 Å². The van der Waals surface area contributed by atoms with Crippen molar-refractivity contribution in [3.05, 3.63) is 47.3 Å². The van der Waals surface area contributed by atoms with Crippen LogP contribution in [0.25, 0.3) is 0 Å². The summed E-state index contributed by atoms with van der Waals surface area (Å²) in [5.74, 6) is -6.39. The van der Waals surface area contributed by atoms with E-state index < -0.39 is 163 Å². The Morgan fingerprint density at radius 3 is 2.67 bits per heavy atom. The SMILES string of the molecule is [2H]C1([2H])c2cccc(F)c2C([2H])([2H])N1C(=O)O[C@@H]1C[C@H]2C(=O)N[C@@]3(C(=O)NS(=O)(=O)C4([2H])C([2H])([2H])C4([2H])[2H])C[C@H]3/C=C/CCCCC[C@H](NC(=O)OC(C([2H])([2H])[2H])(C([2H])([2H])[2H])C([2H])([2H])[2H])C(=O)N2C1. The van der Waals surface area contributed by atoms with E-state index in [2.05, 4.69) is 5.32 Å². The maximum Gasteiger partial charge on any atom is 0.410 e. The zero-order chi connectivity index (χ0) is 52.3. The number of halogens is 1. The molecular formula is C35H46FN5O9S. The fourth-order valence-corrected chi connectivity index (χ4v) is 7.03. The minimum Gasteiger partial charge on any atom is -0.444 e. The molecule has 3 N–H and O–H groups in total. The number of benzene rings is 1. The fourth-order valence-electron chi connectivity index (χ4n) is 6.18. The summed E-state index contributed by atoms with van der Waals surface area (Å²) in [6.45, 7) is -19.3. The molecule has 16 heteroatoms. The van der Waals surface area contributed by atoms with Crippen molar-refractivity contribution in [2.24, 2.45) is 5.92 Å². The molecule has 1 aromatic rings. The third kappa shape index (κ3) is 8.31. The number of fused-ring (bicyclic) bond motifs is 3. The average molecular weight is 750 g/mol. The van der Waals surface area contributed by atoms with Crippen molar-refractivity contribution < 1.29 is 70.9 Å². The van der Waals surface area contributed by atoms with Crippen molar-refractivity contribution in [3.63, 3.8) is 0 Å². The number of ether oxygens (including phenoxy) is 2. The number of carbonyl (C=O) groups is 5. The van der Waals surface area contributed by atoms with Crippen LogP contribution in [-0.2, 0) is 46.9 Å². The second kappa shape index (κ2) is 14.1. The Bertz CT molecular complexity index is 2400. The molecule has 3 aliphatic heterocycles. The number of nitrogens with zero attached hydrogens (tertiary/aromatic N) is 2. The molecule has 5 aliphatic rings. The van der Waals surface area contributed by atoms with Gasteiger partial charge in [-0.1, -0.05) is 37.1 Å². The van der Waals surface area contributed by atoms with E-state index in [1.165, 1.54) is 10.8 Å². The van der Waals surface area contributed by atoms with Crippen molar-refractivity contribution >= 4 is 39.9 Å². The summed E-state index contributed by atoms with van der Waals surface area (Å²) in [5.41, 5.74) is -7.84. The van der Waals surface area contributed by atoms with E-state index >= 15 is 0 Å². The molecule has 5 atom stereocenters. The molecular weight excluding hydrogens is 685 g/mol. The van der Waals surface area contributed by atoms with Gasteiger partial charge in [0.25, 0.3) is 5.91 Å². The molecule has 0 radical (unpaired) electrons. The topological polar surface area (TPSA) is 181 Å². The molecule has 51 heavy (non-hydrogen) atoms.